The Kier molecular flexibility index (Phi) is 4.41. The van der Waals surface area contributed by atoms with Gasteiger partial charge in [0.05, 0.1) is 0 Å². The average molecular weight is 373 g/mol. The number of halogens is 2. The Bertz CT molecular complexity index is 867. The second kappa shape index (κ2) is 6.75. The van der Waals surface area contributed by atoms with Crippen LogP contribution in [0.5, 0.6) is 0 Å². The van der Waals surface area contributed by atoms with Gasteiger partial charge in [0.25, 0.3) is 0 Å². The third-order valence-corrected chi connectivity index (χ3v) is 5.53. The van der Waals surface area contributed by atoms with Crippen LogP contribution in [0.15, 0.2) is 30.5 Å². The Morgan fingerprint density at radius 3 is 2.63 bits per heavy atom. The molecular weight excluding hydrogens is 352 g/mol. The number of anilines is 2. The summed E-state index contributed by atoms with van der Waals surface area (Å²) < 4.78 is 26.5. The number of aromatic nitrogens is 2. The number of benzene rings is 1. The van der Waals surface area contributed by atoms with Crippen LogP contribution < -0.4 is 10.6 Å². The molecule has 2 N–H and O–H groups in total. The quantitative estimate of drug-likeness (QED) is 0.894. The van der Waals surface area contributed by atoms with Gasteiger partial charge < -0.3 is 15.5 Å². The van der Waals surface area contributed by atoms with E-state index in [9.17, 15) is 13.6 Å². The van der Waals surface area contributed by atoms with E-state index in [1.54, 1.807) is 17.2 Å². The lowest BCUT2D eigenvalue weighted by molar-refractivity contribution is -0.128. The van der Waals surface area contributed by atoms with E-state index in [2.05, 4.69) is 14.9 Å². The van der Waals surface area contributed by atoms with Gasteiger partial charge in [-0.25, -0.2) is 13.8 Å². The number of nitrogens with two attached hydrogens (primary N) is 1. The lowest BCUT2D eigenvalue weighted by Crippen LogP contribution is -2.42. The van der Waals surface area contributed by atoms with E-state index < -0.39 is 11.6 Å². The minimum atomic E-state index is -0.885. The Morgan fingerprint density at radius 1 is 1.15 bits per heavy atom. The zero-order valence-electron chi connectivity index (χ0n) is 14.9. The topological polar surface area (TPSA) is 75.3 Å². The average Bonchev–Trinajstić information content (AvgIpc) is 2.94. The van der Waals surface area contributed by atoms with Crippen molar-refractivity contribution in [2.45, 2.75) is 25.8 Å². The maximum absolute atomic E-state index is 13.4. The number of hydrogen-bond donors (Lipinski definition) is 1. The van der Waals surface area contributed by atoms with E-state index in [-0.39, 0.29) is 11.3 Å². The van der Waals surface area contributed by atoms with Gasteiger partial charge in [-0.1, -0.05) is 6.07 Å². The monoisotopic (exact) mass is 373 g/mol. The minimum Gasteiger partial charge on any atom is -0.384 e. The molecule has 2 saturated heterocycles. The van der Waals surface area contributed by atoms with E-state index in [1.807, 2.05) is 0 Å². The highest BCUT2D eigenvalue weighted by Crippen LogP contribution is 2.42. The highest BCUT2D eigenvalue weighted by Gasteiger charge is 2.45. The van der Waals surface area contributed by atoms with Gasteiger partial charge >= 0.3 is 0 Å². The number of carbonyl (C=O) groups excluding carboxylic acids is 1. The van der Waals surface area contributed by atoms with Crippen molar-refractivity contribution in [3.63, 3.8) is 0 Å². The van der Waals surface area contributed by atoms with Crippen LogP contribution in [0.25, 0.3) is 0 Å². The Labute approximate surface area is 156 Å². The molecule has 142 valence electrons. The summed E-state index contributed by atoms with van der Waals surface area (Å²) >= 11 is 0. The number of piperidine rings is 1. The summed E-state index contributed by atoms with van der Waals surface area (Å²) in [6, 6.07) is 5.44. The van der Waals surface area contributed by atoms with Crippen molar-refractivity contribution >= 4 is 17.7 Å². The van der Waals surface area contributed by atoms with Gasteiger partial charge in [0, 0.05) is 44.2 Å². The van der Waals surface area contributed by atoms with E-state index in [0.29, 0.717) is 36.8 Å². The summed E-state index contributed by atoms with van der Waals surface area (Å²) in [5.41, 5.74) is 6.26. The van der Waals surface area contributed by atoms with E-state index in [0.717, 1.165) is 38.1 Å². The van der Waals surface area contributed by atoms with Crippen LogP contribution in [0.1, 0.15) is 24.8 Å². The maximum Gasteiger partial charge on any atom is 0.227 e. The molecule has 2 aromatic rings. The first-order valence-electron chi connectivity index (χ1n) is 8.99. The van der Waals surface area contributed by atoms with E-state index >= 15 is 0 Å². The second-order valence-corrected chi connectivity index (χ2v) is 7.44. The van der Waals surface area contributed by atoms with E-state index in [1.165, 1.54) is 6.07 Å². The van der Waals surface area contributed by atoms with Crippen LogP contribution >= 0.6 is 0 Å². The number of hydrogen-bond acceptors (Lipinski definition) is 5. The van der Waals surface area contributed by atoms with Crippen LogP contribution in [-0.4, -0.2) is 40.4 Å². The predicted octanol–water partition coefficient (Wildman–Crippen LogP) is 2.36. The van der Waals surface area contributed by atoms with Crippen molar-refractivity contribution in [3.05, 3.63) is 47.7 Å². The van der Waals surface area contributed by atoms with Gasteiger partial charge in [0.2, 0.25) is 11.9 Å². The summed E-state index contributed by atoms with van der Waals surface area (Å²) in [7, 11) is 0. The summed E-state index contributed by atoms with van der Waals surface area (Å²) in [6.07, 6.45) is 3.84. The molecule has 8 heteroatoms. The molecule has 1 spiro atoms. The number of rotatable bonds is 3. The molecule has 27 heavy (non-hydrogen) atoms. The van der Waals surface area contributed by atoms with Crippen LogP contribution in [0.2, 0.25) is 0 Å². The molecule has 0 unspecified atom stereocenters. The smallest absolute Gasteiger partial charge is 0.227 e. The molecule has 1 amide bonds. The first kappa shape index (κ1) is 17.6. The van der Waals surface area contributed by atoms with Gasteiger partial charge in [0.15, 0.2) is 11.6 Å². The van der Waals surface area contributed by atoms with E-state index in [4.69, 9.17) is 5.73 Å². The zero-order valence-corrected chi connectivity index (χ0v) is 14.9. The zero-order chi connectivity index (χ0) is 19.0. The maximum atomic E-state index is 13.4. The SMILES string of the molecule is Nc1ccnc(N2CCC3(CC2)CC(=O)N(Cc2ccc(F)c(F)c2)C3)n1. The Hall–Kier alpha value is -2.77. The molecule has 3 heterocycles. The number of likely N-dealkylation sites (tertiary alicyclic amines) is 1. The van der Waals surface area contributed by atoms with Crippen LogP contribution in [0.4, 0.5) is 20.5 Å². The van der Waals surface area contributed by atoms with Gasteiger partial charge in [-0.3, -0.25) is 4.79 Å². The molecule has 6 nitrogen and oxygen atoms in total. The first-order chi connectivity index (χ1) is 12.9. The third kappa shape index (κ3) is 3.56. The number of nitrogens with zero attached hydrogens (tertiary/aromatic N) is 4. The minimum absolute atomic E-state index is 0.0633. The molecule has 0 aliphatic carbocycles. The Balaban J connectivity index is 1.41. The normalized spacial score (nSPS) is 19.1. The van der Waals surface area contributed by atoms with Crippen molar-refractivity contribution in [1.82, 2.24) is 14.9 Å². The van der Waals surface area contributed by atoms with Crippen molar-refractivity contribution in [1.29, 1.82) is 0 Å². The van der Waals surface area contributed by atoms with Gasteiger partial charge in [-0.15, -0.1) is 0 Å². The highest BCUT2D eigenvalue weighted by atomic mass is 19.2. The van der Waals surface area contributed by atoms with Crippen LogP contribution in [0, 0.1) is 17.0 Å². The highest BCUT2D eigenvalue weighted by molar-refractivity contribution is 5.79. The van der Waals surface area contributed by atoms with Gasteiger partial charge in [-0.05, 0) is 36.6 Å². The predicted molar refractivity (Wildman–Crippen MR) is 96.7 cm³/mol. The molecule has 0 atom stereocenters. The van der Waals surface area contributed by atoms with Crippen molar-refractivity contribution < 1.29 is 13.6 Å². The summed E-state index contributed by atoms with van der Waals surface area (Å²) in [6.45, 7) is 2.46. The van der Waals surface area contributed by atoms with Crippen LogP contribution in [0.3, 0.4) is 0 Å². The lowest BCUT2D eigenvalue weighted by Gasteiger charge is -2.38. The fourth-order valence-electron chi connectivity index (χ4n) is 4.01. The molecule has 0 bridgehead atoms. The fraction of sp³-hybridized carbons (Fsp3) is 0.421. The summed E-state index contributed by atoms with van der Waals surface area (Å²) in [5.74, 6) is -0.640. The standard InChI is InChI=1S/C19H21F2N5O/c20-14-2-1-13(9-15(14)21)11-26-12-19(10-17(26)27)4-7-25(8-5-19)18-23-6-3-16(22)24-18/h1-3,6,9H,4-5,7-8,10-12H2,(H2,22,23,24). The van der Waals surface area contributed by atoms with Crippen LogP contribution in [-0.2, 0) is 11.3 Å². The van der Waals surface area contributed by atoms with Gasteiger partial charge in [-0.2, -0.15) is 4.98 Å². The Morgan fingerprint density at radius 2 is 1.93 bits per heavy atom. The molecule has 4 rings (SSSR count). The molecule has 2 fully saturated rings. The second-order valence-electron chi connectivity index (χ2n) is 7.44. The molecule has 0 saturated carbocycles. The molecule has 2 aliphatic heterocycles. The van der Waals surface area contributed by atoms with Gasteiger partial charge in [0.1, 0.15) is 5.82 Å². The molecular formula is C19H21F2N5O. The third-order valence-electron chi connectivity index (χ3n) is 5.53. The molecule has 0 radical (unpaired) electrons. The lowest BCUT2D eigenvalue weighted by atomic mass is 9.77. The fourth-order valence-corrected chi connectivity index (χ4v) is 4.01. The molecule has 1 aromatic heterocycles. The first-order valence-corrected chi connectivity index (χ1v) is 8.99. The van der Waals surface area contributed by atoms with Crippen molar-refractivity contribution in [2.75, 3.05) is 30.3 Å². The summed E-state index contributed by atoms with van der Waals surface area (Å²) in [4.78, 5) is 24.9. The number of nitrogen functional groups attached to an aromatic ring is 1. The summed E-state index contributed by atoms with van der Waals surface area (Å²) in [5, 5.41) is 0. The van der Waals surface area contributed by atoms with Crippen molar-refractivity contribution in [3.8, 4) is 0 Å². The number of amides is 1. The largest absolute Gasteiger partial charge is 0.384 e. The molecule has 1 aromatic carbocycles. The molecule has 2 aliphatic rings. The number of carbonyl (C=O) groups is 1. The van der Waals surface area contributed by atoms with Crippen molar-refractivity contribution in [2.24, 2.45) is 5.41 Å².